The van der Waals surface area contributed by atoms with Crippen molar-refractivity contribution >= 4 is 18.3 Å². The Kier molecular flexibility index (Phi) is 4.91. The van der Waals surface area contributed by atoms with Gasteiger partial charge in [0, 0.05) is 12.6 Å². The summed E-state index contributed by atoms with van der Waals surface area (Å²) in [6.07, 6.45) is 9.21. The molecule has 3 fully saturated rings. The highest BCUT2D eigenvalue weighted by Gasteiger charge is 2.36. The third kappa shape index (κ3) is 3.18. The van der Waals surface area contributed by atoms with Gasteiger partial charge in [0.2, 0.25) is 5.91 Å². The van der Waals surface area contributed by atoms with Gasteiger partial charge < -0.3 is 10.2 Å². The van der Waals surface area contributed by atoms with Crippen molar-refractivity contribution in [2.45, 2.75) is 51.0 Å². The fraction of sp³-hybridized carbons (Fsp3) is 0.929. The Labute approximate surface area is 116 Å². The number of nitrogens with one attached hydrogen (secondary N) is 1. The van der Waals surface area contributed by atoms with Crippen LogP contribution in [-0.4, -0.2) is 36.5 Å². The fourth-order valence-electron chi connectivity index (χ4n) is 3.57. The van der Waals surface area contributed by atoms with Crippen molar-refractivity contribution in [3.05, 3.63) is 0 Å². The van der Waals surface area contributed by atoms with E-state index in [0.717, 1.165) is 24.9 Å². The molecule has 3 aliphatic rings. The Balaban J connectivity index is 0.00000120. The standard InChI is InChI=1S/C14H24N2O.ClH/c17-14(10-15-9-11-6-7-11)16-8-2-4-12-3-1-5-13(12)16;/h11-13,15H,1-10H2;1H. The van der Waals surface area contributed by atoms with Crippen LogP contribution in [0.15, 0.2) is 0 Å². The third-order valence-corrected chi connectivity index (χ3v) is 4.72. The molecule has 0 aromatic rings. The molecule has 0 aromatic heterocycles. The lowest BCUT2D eigenvalue weighted by Crippen LogP contribution is -2.49. The Bertz CT molecular complexity index is 294. The average Bonchev–Trinajstić information content (AvgIpc) is 3.04. The first-order chi connectivity index (χ1) is 8.34. The molecule has 0 spiro atoms. The predicted octanol–water partition coefficient (Wildman–Crippen LogP) is 2.20. The van der Waals surface area contributed by atoms with E-state index >= 15 is 0 Å². The van der Waals surface area contributed by atoms with Crippen molar-refractivity contribution < 1.29 is 4.79 Å². The number of halogens is 1. The van der Waals surface area contributed by atoms with Crippen LogP contribution in [0.5, 0.6) is 0 Å². The highest BCUT2D eigenvalue weighted by atomic mass is 35.5. The topological polar surface area (TPSA) is 32.3 Å². The Morgan fingerprint density at radius 3 is 2.67 bits per heavy atom. The van der Waals surface area contributed by atoms with E-state index in [0.29, 0.717) is 18.5 Å². The molecule has 1 heterocycles. The largest absolute Gasteiger partial charge is 0.338 e. The number of fused-ring (bicyclic) bond motifs is 1. The Morgan fingerprint density at radius 1 is 1.11 bits per heavy atom. The summed E-state index contributed by atoms with van der Waals surface area (Å²) in [6, 6.07) is 0.582. The van der Waals surface area contributed by atoms with E-state index in [9.17, 15) is 4.79 Å². The maximum absolute atomic E-state index is 12.2. The zero-order chi connectivity index (χ0) is 11.7. The van der Waals surface area contributed by atoms with Gasteiger partial charge in [0.1, 0.15) is 0 Å². The van der Waals surface area contributed by atoms with Crippen LogP contribution >= 0.6 is 12.4 Å². The molecular weight excluding hydrogens is 248 g/mol. The van der Waals surface area contributed by atoms with E-state index in [4.69, 9.17) is 0 Å². The lowest BCUT2D eigenvalue weighted by atomic mass is 9.92. The van der Waals surface area contributed by atoms with Gasteiger partial charge in [-0.2, -0.15) is 0 Å². The Hall–Kier alpha value is -0.280. The number of likely N-dealkylation sites (tertiary alicyclic amines) is 1. The molecule has 2 atom stereocenters. The molecule has 2 unspecified atom stereocenters. The average molecular weight is 273 g/mol. The zero-order valence-electron chi connectivity index (χ0n) is 11.1. The van der Waals surface area contributed by atoms with Crippen LogP contribution in [0.3, 0.4) is 0 Å². The van der Waals surface area contributed by atoms with E-state index in [-0.39, 0.29) is 12.4 Å². The van der Waals surface area contributed by atoms with Crippen LogP contribution < -0.4 is 5.32 Å². The maximum atomic E-state index is 12.2. The minimum absolute atomic E-state index is 0. The number of piperidine rings is 1. The van der Waals surface area contributed by atoms with Crippen molar-refractivity contribution in [2.24, 2.45) is 11.8 Å². The summed E-state index contributed by atoms with van der Waals surface area (Å²) < 4.78 is 0. The van der Waals surface area contributed by atoms with Gasteiger partial charge in [-0.1, -0.05) is 6.42 Å². The van der Waals surface area contributed by atoms with E-state index in [1.165, 1.54) is 44.9 Å². The van der Waals surface area contributed by atoms with Gasteiger partial charge in [-0.25, -0.2) is 0 Å². The lowest BCUT2D eigenvalue weighted by Gasteiger charge is -2.38. The Morgan fingerprint density at radius 2 is 1.89 bits per heavy atom. The highest BCUT2D eigenvalue weighted by molar-refractivity contribution is 5.85. The van der Waals surface area contributed by atoms with Crippen LogP contribution in [0.1, 0.15) is 44.9 Å². The van der Waals surface area contributed by atoms with Crippen LogP contribution in [0.2, 0.25) is 0 Å². The number of hydrogen-bond acceptors (Lipinski definition) is 2. The second-order valence-corrected chi connectivity index (χ2v) is 6.06. The minimum Gasteiger partial charge on any atom is -0.338 e. The van der Waals surface area contributed by atoms with E-state index in [2.05, 4.69) is 10.2 Å². The molecule has 1 amide bonds. The molecule has 0 bridgehead atoms. The van der Waals surface area contributed by atoms with Crippen molar-refractivity contribution in [3.8, 4) is 0 Å². The van der Waals surface area contributed by atoms with Gasteiger partial charge >= 0.3 is 0 Å². The molecule has 2 saturated carbocycles. The van der Waals surface area contributed by atoms with Crippen molar-refractivity contribution in [1.29, 1.82) is 0 Å². The molecule has 2 aliphatic carbocycles. The van der Waals surface area contributed by atoms with E-state index < -0.39 is 0 Å². The fourth-order valence-corrected chi connectivity index (χ4v) is 3.57. The second kappa shape index (κ2) is 6.25. The van der Waals surface area contributed by atoms with Crippen molar-refractivity contribution in [2.75, 3.05) is 19.6 Å². The molecular formula is C14H25ClN2O. The molecule has 3 nitrogen and oxygen atoms in total. The van der Waals surface area contributed by atoms with E-state index in [1.807, 2.05) is 0 Å². The molecule has 1 N–H and O–H groups in total. The van der Waals surface area contributed by atoms with Crippen LogP contribution in [-0.2, 0) is 4.79 Å². The van der Waals surface area contributed by atoms with Gasteiger partial charge in [0.15, 0.2) is 0 Å². The van der Waals surface area contributed by atoms with Gasteiger partial charge in [-0.3, -0.25) is 4.79 Å². The van der Waals surface area contributed by atoms with E-state index in [1.54, 1.807) is 0 Å². The SMILES string of the molecule is Cl.O=C(CNCC1CC1)N1CCCC2CCCC21. The first-order valence-electron chi connectivity index (χ1n) is 7.35. The molecule has 0 radical (unpaired) electrons. The highest BCUT2D eigenvalue weighted by Crippen LogP contribution is 2.36. The van der Waals surface area contributed by atoms with Gasteiger partial charge in [-0.05, 0) is 56.9 Å². The number of hydrogen-bond donors (Lipinski definition) is 1. The molecule has 4 heteroatoms. The molecule has 3 rings (SSSR count). The van der Waals surface area contributed by atoms with Gasteiger partial charge in [0.05, 0.1) is 6.54 Å². The first kappa shape index (κ1) is 14.1. The summed E-state index contributed by atoms with van der Waals surface area (Å²) in [4.78, 5) is 14.4. The van der Waals surface area contributed by atoms with Crippen LogP contribution in [0.25, 0.3) is 0 Å². The second-order valence-electron chi connectivity index (χ2n) is 6.06. The lowest BCUT2D eigenvalue weighted by molar-refractivity contribution is -0.134. The number of rotatable bonds is 4. The van der Waals surface area contributed by atoms with Gasteiger partial charge in [-0.15, -0.1) is 12.4 Å². The molecule has 104 valence electrons. The number of carbonyl (C=O) groups is 1. The number of carbonyl (C=O) groups excluding carboxylic acids is 1. The summed E-state index contributed by atoms with van der Waals surface area (Å²) in [5.41, 5.74) is 0. The summed E-state index contributed by atoms with van der Waals surface area (Å²) in [5, 5.41) is 3.33. The molecule has 1 aliphatic heterocycles. The van der Waals surface area contributed by atoms with Crippen LogP contribution in [0.4, 0.5) is 0 Å². The first-order valence-corrected chi connectivity index (χ1v) is 7.35. The molecule has 0 aromatic carbocycles. The van der Waals surface area contributed by atoms with Crippen LogP contribution in [0, 0.1) is 11.8 Å². The molecule has 1 saturated heterocycles. The molecule has 18 heavy (non-hydrogen) atoms. The smallest absolute Gasteiger partial charge is 0.236 e. The normalized spacial score (nSPS) is 30.8. The van der Waals surface area contributed by atoms with Crippen molar-refractivity contribution in [1.82, 2.24) is 10.2 Å². The third-order valence-electron chi connectivity index (χ3n) is 4.72. The summed E-state index contributed by atoms with van der Waals surface area (Å²) >= 11 is 0. The monoisotopic (exact) mass is 272 g/mol. The van der Waals surface area contributed by atoms with Gasteiger partial charge in [0.25, 0.3) is 0 Å². The quantitative estimate of drug-likeness (QED) is 0.851. The summed E-state index contributed by atoms with van der Waals surface area (Å²) in [5.74, 6) is 2.03. The maximum Gasteiger partial charge on any atom is 0.236 e. The predicted molar refractivity (Wildman–Crippen MR) is 74.9 cm³/mol. The summed E-state index contributed by atoms with van der Waals surface area (Å²) in [7, 11) is 0. The number of amides is 1. The minimum atomic E-state index is 0. The van der Waals surface area contributed by atoms with Crippen molar-refractivity contribution in [3.63, 3.8) is 0 Å². The number of nitrogens with zero attached hydrogens (tertiary/aromatic N) is 1. The zero-order valence-corrected chi connectivity index (χ0v) is 11.9. The summed E-state index contributed by atoms with van der Waals surface area (Å²) in [6.45, 7) is 2.62.